The van der Waals surface area contributed by atoms with Gasteiger partial charge in [-0.15, -0.1) is 0 Å². The first kappa shape index (κ1) is 9.22. The Morgan fingerprint density at radius 2 is 2.50 bits per heavy atom. The summed E-state index contributed by atoms with van der Waals surface area (Å²) in [5.41, 5.74) is 1.09. The van der Waals surface area contributed by atoms with Crippen LogP contribution in [-0.2, 0) is 11.8 Å². The molecule has 0 aromatic carbocycles. The Morgan fingerprint density at radius 1 is 1.75 bits per heavy atom. The van der Waals surface area contributed by atoms with Crippen molar-refractivity contribution in [3.8, 4) is 0 Å². The molecule has 0 bridgehead atoms. The highest BCUT2D eigenvalue weighted by molar-refractivity contribution is 5.04. The largest absolute Gasteiger partial charge is 0.374 e. The van der Waals surface area contributed by atoms with E-state index in [1.807, 2.05) is 24.8 Å². The monoisotopic (exact) mass is 169 g/mol. The molecule has 0 radical (unpaired) electrons. The van der Waals surface area contributed by atoms with Crippen LogP contribution in [0.2, 0.25) is 0 Å². The summed E-state index contributed by atoms with van der Waals surface area (Å²) in [6.45, 7) is 0.802. The van der Waals surface area contributed by atoms with Gasteiger partial charge in [0.05, 0.1) is 5.69 Å². The molecular formula is C8H15N3O. The molecule has 1 heterocycles. The van der Waals surface area contributed by atoms with Crippen molar-refractivity contribution in [3.63, 3.8) is 0 Å². The fraction of sp³-hybridized carbons (Fsp3) is 0.625. The van der Waals surface area contributed by atoms with E-state index in [1.54, 1.807) is 13.3 Å². The SMILES string of the molecule is CNCC(OC)c1ccnn1C. The molecule has 1 N–H and O–H groups in total. The van der Waals surface area contributed by atoms with E-state index >= 15 is 0 Å². The normalized spacial score (nSPS) is 13.2. The van der Waals surface area contributed by atoms with E-state index in [0.29, 0.717) is 0 Å². The highest BCUT2D eigenvalue weighted by Crippen LogP contribution is 2.13. The van der Waals surface area contributed by atoms with Crippen molar-refractivity contribution in [1.29, 1.82) is 0 Å². The molecule has 4 heteroatoms. The van der Waals surface area contributed by atoms with Gasteiger partial charge in [0, 0.05) is 26.9 Å². The number of aromatic nitrogens is 2. The molecule has 1 rings (SSSR count). The van der Waals surface area contributed by atoms with Gasteiger partial charge in [0.2, 0.25) is 0 Å². The lowest BCUT2D eigenvalue weighted by Crippen LogP contribution is -2.20. The van der Waals surface area contributed by atoms with Gasteiger partial charge in [-0.05, 0) is 13.1 Å². The Balaban J connectivity index is 2.72. The summed E-state index contributed by atoms with van der Waals surface area (Å²) >= 11 is 0. The summed E-state index contributed by atoms with van der Waals surface area (Å²) < 4.78 is 7.12. The maximum absolute atomic E-state index is 5.29. The number of aryl methyl sites for hydroxylation is 1. The van der Waals surface area contributed by atoms with Crippen LogP contribution in [0.5, 0.6) is 0 Å². The van der Waals surface area contributed by atoms with Gasteiger partial charge in [-0.3, -0.25) is 4.68 Å². The molecule has 0 saturated carbocycles. The van der Waals surface area contributed by atoms with Crippen LogP contribution in [0.15, 0.2) is 12.3 Å². The lowest BCUT2D eigenvalue weighted by atomic mass is 10.2. The maximum Gasteiger partial charge on any atom is 0.111 e. The number of hydrogen-bond acceptors (Lipinski definition) is 3. The first-order valence-corrected chi connectivity index (χ1v) is 3.95. The lowest BCUT2D eigenvalue weighted by molar-refractivity contribution is 0.0972. The second-order valence-corrected chi connectivity index (χ2v) is 2.66. The molecule has 1 aromatic heterocycles. The highest BCUT2D eigenvalue weighted by Gasteiger charge is 2.11. The van der Waals surface area contributed by atoms with Gasteiger partial charge in [-0.25, -0.2) is 0 Å². The molecule has 68 valence electrons. The number of ether oxygens (including phenoxy) is 1. The minimum Gasteiger partial charge on any atom is -0.374 e. The smallest absolute Gasteiger partial charge is 0.111 e. The van der Waals surface area contributed by atoms with Gasteiger partial charge >= 0.3 is 0 Å². The number of hydrogen-bond donors (Lipinski definition) is 1. The fourth-order valence-electron chi connectivity index (χ4n) is 1.19. The lowest BCUT2D eigenvalue weighted by Gasteiger charge is -2.14. The summed E-state index contributed by atoms with van der Waals surface area (Å²) in [6, 6.07) is 1.96. The quantitative estimate of drug-likeness (QED) is 0.706. The standard InChI is InChI=1S/C8H15N3O/c1-9-6-8(12-3)7-4-5-10-11(7)2/h4-5,8-9H,6H2,1-3H3. The first-order valence-electron chi connectivity index (χ1n) is 3.95. The van der Waals surface area contributed by atoms with Gasteiger partial charge in [0.1, 0.15) is 6.10 Å². The van der Waals surface area contributed by atoms with E-state index in [1.165, 1.54) is 0 Å². The Kier molecular flexibility index (Phi) is 3.25. The molecule has 1 atom stereocenters. The predicted octanol–water partition coefficient (Wildman–Crippen LogP) is 0.327. The van der Waals surface area contributed by atoms with Crippen molar-refractivity contribution in [1.82, 2.24) is 15.1 Å². The Hall–Kier alpha value is -0.870. The molecule has 4 nitrogen and oxygen atoms in total. The van der Waals surface area contributed by atoms with E-state index in [2.05, 4.69) is 10.4 Å². The van der Waals surface area contributed by atoms with E-state index in [4.69, 9.17) is 4.74 Å². The molecule has 0 spiro atoms. The van der Waals surface area contributed by atoms with E-state index < -0.39 is 0 Å². The van der Waals surface area contributed by atoms with Crippen LogP contribution in [0.3, 0.4) is 0 Å². The average Bonchev–Trinajstić information content (AvgIpc) is 2.47. The van der Waals surface area contributed by atoms with Crippen LogP contribution in [-0.4, -0.2) is 30.5 Å². The summed E-state index contributed by atoms with van der Waals surface area (Å²) in [5, 5.41) is 7.14. The van der Waals surface area contributed by atoms with Crippen LogP contribution in [0, 0.1) is 0 Å². The summed E-state index contributed by atoms with van der Waals surface area (Å²) in [5.74, 6) is 0. The summed E-state index contributed by atoms with van der Waals surface area (Å²) in [6.07, 6.45) is 1.86. The second-order valence-electron chi connectivity index (χ2n) is 2.66. The zero-order chi connectivity index (χ0) is 8.97. The molecule has 0 aliphatic heterocycles. The molecule has 0 saturated heterocycles. The molecule has 0 aliphatic carbocycles. The molecule has 0 fully saturated rings. The molecule has 0 aliphatic rings. The number of nitrogens with zero attached hydrogens (tertiary/aromatic N) is 2. The predicted molar refractivity (Wildman–Crippen MR) is 46.9 cm³/mol. The highest BCUT2D eigenvalue weighted by atomic mass is 16.5. The molecular weight excluding hydrogens is 154 g/mol. The summed E-state index contributed by atoms with van der Waals surface area (Å²) in [7, 11) is 5.52. The van der Waals surface area contributed by atoms with Gasteiger partial charge in [-0.1, -0.05) is 0 Å². The second kappa shape index (κ2) is 4.23. The Morgan fingerprint density at radius 3 is 2.92 bits per heavy atom. The number of likely N-dealkylation sites (N-methyl/N-ethyl adjacent to an activating group) is 1. The summed E-state index contributed by atoms with van der Waals surface area (Å²) in [4.78, 5) is 0. The zero-order valence-corrected chi connectivity index (χ0v) is 7.74. The van der Waals surface area contributed by atoms with Crippen molar-refractivity contribution in [2.24, 2.45) is 7.05 Å². The van der Waals surface area contributed by atoms with Crippen molar-refractivity contribution in [3.05, 3.63) is 18.0 Å². The van der Waals surface area contributed by atoms with Crippen LogP contribution in [0.1, 0.15) is 11.8 Å². The Bertz CT molecular complexity index is 234. The van der Waals surface area contributed by atoms with Crippen LogP contribution >= 0.6 is 0 Å². The molecule has 12 heavy (non-hydrogen) atoms. The third kappa shape index (κ3) is 1.84. The zero-order valence-electron chi connectivity index (χ0n) is 7.74. The van der Waals surface area contributed by atoms with Gasteiger partial charge in [0.25, 0.3) is 0 Å². The first-order chi connectivity index (χ1) is 5.79. The van der Waals surface area contributed by atoms with Gasteiger partial charge in [-0.2, -0.15) is 5.10 Å². The van der Waals surface area contributed by atoms with Crippen molar-refractivity contribution in [2.75, 3.05) is 20.7 Å². The van der Waals surface area contributed by atoms with E-state index in [0.717, 1.165) is 12.2 Å². The van der Waals surface area contributed by atoms with Crippen molar-refractivity contribution < 1.29 is 4.74 Å². The number of methoxy groups -OCH3 is 1. The number of rotatable bonds is 4. The van der Waals surface area contributed by atoms with Crippen molar-refractivity contribution in [2.45, 2.75) is 6.10 Å². The third-order valence-electron chi connectivity index (χ3n) is 1.86. The fourth-order valence-corrected chi connectivity index (χ4v) is 1.19. The maximum atomic E-state index is 5.29. The minimum absolute atomic E-state index is 0.0856. The number of nitrogens with one attached hydrogen (secondary N) is 1. The molecule has 1 unspecified atom stereocenters. The minimum atomic E-state index is 0.0856. The van der Waals surface area contributed by atoms with Crippen molar-refractivity contribution >= 4 is 0 Å². The van der Waals surface area contributed by atoms with Crippen LogP contribution < -0.4 is 5.32 Å². The van der Waals surface area contributed by atoms with E-state index in [9.17, 15) is 0 Å². The molecule has 0 amide bonds. The average molecular weight is 169 g/mol. The molecule has 1 aromatic rings. The topological polar surface area (TPSA) is 39.1 Å². The van der Waals surface area contributed by atoms with Crippen LogP contribution in [0.4, 0.5) is 0 Å². The van der Waals surface area contributed by atoms with Crippen LogP contribution in [0.25, 0.3) is 0 Å². The van der Waals surface area contributed by atoms with Gasteiger partial charge < -0.3 is 10.1 Å². The van der Waals surface area contributed by atoms with E-state index in [-0.39, 0.29) is 6.10 Å². The third-order valence-corrected chi connectivity index (χ3v) is 1.86. The van der Waals surface area contributed by atoms with Gasteiger partial charge in [0.15, 0.2) is 0 Å². The Labute approximate surface area is 72.5 Å².